The first-order chi connectivity index (χ1) is 14.5. The highest BCUT2D eigenvalue weighted by Gasteiger charge is 2.24. The number of aryl methyl sites for hydroxylation is 1. The molecule has 0 radical (unpaired) electrons. The molecule has 4 rings (SSSR count). The average Bonchev–Trinajstić information content (AvgIpc) is 3.18. The Hall–Kier alpha value is -3.12. The van der Waals surface area contributed by atoms with Gasteiger partial charge in [-0.2, -0.15) is 0 Å². The summed E-state index contributed by atoms with van der Waals surface area (Å²) in [5, 5.41) is 2.84. The van der Waals surface area contributed by atoms with Crippen molar-refractivity contribution in [2.75, 3.05) is 22.5 Å². The number of nitrogens with zero attached hydrogens (tertiary/aromatic N) is 1. The van der Waals surface area contributed by atoms with E-state index < -0.39 is 0 Å². The van der Waals surface area contributed by atoms with E-state index in [0.29, 0.717) is 23.4 Å². The van der Waals surface area contributed by atoms with Crippen molar-refractivity contribution in [1.29, 1.82) is 0 Å². The number of rotatable bonds is 5. The zero-order valence-corrected chi connectivity index (χ0v) is 17.3. The van der Waals surface area contributed by atoms with E-state index in [-0.39, 0.29) is 23.4 Å². The molecule has 6 heteroatoms. The van der Waals surface area contributed by atoms with Gasteiger partial charge in [0.15, 0.2) is 0 Å². The lowest BCUT2D eigenvalue weighted by Crippen LogP contribution is -2.30. The number of carbonyl (C=O) groups excluding carboxylic acids is 2. The lowest BCUT2D eigenvalue weighted by Gasteiger charge is -2.17. The molecular weight excluding hydrogens is 399 g/mol. The van der Waals surface area contributed by atoms with Gasteiger partial charge in [-0.1, -0.05) is 30.3 Å². The second-order valence-corrected chi connectivity index (χ2v) is 8.14. The predicted molar refractivity (Wildman–Crippen MR) is 119 cm³/mol. The SMILES string of the molecule is Cc1cc(F)ccc1NC(=O)c1ccccc1SCC(=O)N1CCc2ccccc21. The largest absolute Gasteiger partial charge is 0.322 e. The first-order valence-electron chi connectivity index (χ1n) is 9.70. The van der Waals surface area contributed by atoms with E-state index in [9.17, 15) is 14.0 Å². The van der Waals surface area contributed by atoms with E-state index in [0.717, 1.165) is 17.0 Å². The lowest BCUT2D eigenvalue weighted by molar-refractivity contribution is -0.116. The highest BCUT2D eigenvalue weighted by Crippen LogP contribution is 2.30. The maximum absolute atomic E-state index is 13.3. The number of hydrogen-bond donors (Lipinski definition) is 1. The molecule has 3 aromatic carbocycles. The van der Waals surface area contributed by atoms with Crippen molar-refractivity contribution >= 4 is 35.0 Å². The Morgan fingerprint density at radius 3 is 2.67 bits per heavy atom. The molecule has 0 atom stereocenters. The quantitative estimate of drug-likeness (QED) is 0.587. The van der Waals surface area contributed by atoms with E-state index in [1.54, 1.807) is 25.1 Å². The summed E-state index contributed by atoms with van der Waals surface area (Å²) in [4.78, 5) is 28.2. The van der Waals surface area contributed by atoms with Gasteiger partial charge in [-0.05, 0) is 60.9 Å². The normalized spacial score (nSPS) is 12.5. The van der Waals surface area contributed by atoms with E-state index in [2.05, 4.69) is 5.32 Å². The van der Waals surface area contributed by atoms with Crippen LogP contribution in [-0.4, -0.2) is 24.1 Å². The van der Waals surface area contributed by atoms with Gasteiger partial charge in [0, 0.05) is 22.8 Å². The molecule has 0 saturated heterocycles. The van der Waals surface area contributed by atoms with Crippen LogP contribution >= 0.6 is 11.8 Å². The van der Waals surface area contributed by atoms with Crippen LogP contribution in [0.25, 0.3) is 0 Å². The van der Waals surface area contributed by atoms with Gasteiger partial charge in [-0.3, -0.25) is 9.59 Å². The second kappa shape index (κ2) is 8.71. The van der Waals surface area contributed by atoms with E-state index in [1.807, 2.05) is 41.3 Å². The number of hydrogen-bond acceptors (Lipinski definition) is 3. The zero-order valence-electron chi connectivity index (χ0n) is 16.5. The molecule has 0 fully saturated rings. The Bertz CT molecular complexity index is 1120. The predicted octanol–water partition coefficient (Wildman–Crippen LogP) is 5.07. The topological polar surface area (TPSA) is 49.4 Å². The Morgan fingerprint density at radius 1 is 1.07 bits per heavy atom. The third-order valence-corrected chi connectivity index (χ3v) is 6.17. The molecule has 4 nitrogen and oxygen atoms in total. The van der Waals surface area contributed by atoms with Crippen LogP contribution in [0.2, 0.25) is 0 Å². The maximum Gasteiger partial charge on any atom is 0.256 e. The van der Waals surface area contributed by atoms with Crippen LogP contribution in [0.4, 0.5) is 15.8 Å². The number of nitrogens with one attached hydrogen (secondary N) is 1. The Kier molecular flexibility index (Phi) is 5.86. The Labute approximate surface area is 179 Å². The summed E-state index contributed by atoms with van der Waals surface area (Å²) in [7, 11) is 0. The van der Waals surface area contributed by atoms with Gasteiger partial charge in [0.05, 0.1) is 11.3 Å². The number of anilines is 2. The summed E-state index contributed by atoms with van der Waals surface area (Å²) in [6.07, 6.45) is 0.864. The average molecular weight is 421 g/mol. The Balaban J connectivity index is 1.46. The molecule has 0 aromatic heterocycles. The molecule has 1 aliphatic rings. The zero-order chi connectivity index (χ0) is 21.1. The number of para-hydroxylation sites is 1. The first kappa shape index (κ1) is 20.2. The molecule has 152 valence electrons. The van der Waals surface area contributed by atoms with Gasteiger partial charge in [0.1, 0.15) is 5.82 Å². The standard InChI is InChI=1S/C24H21FN2O2S/c1-16-14-18(25)10-11-20(16)26-24(29)19-7-3-5-9-22(19)30-15-23(28)27-13-12-17-6-2-4-8-21(17)27/h2-11,14H,12-13,15H2,1H3,(H,26,29). The highest BCUT2D eigenvalue weighted by molar-refractivity contribution is 8.00. The van der Waals surface area contributed by atoms with Crippen LogP contribution < -0.4 is 10.2 Å². The van der Waals surface area contributed by atoms with Crippen molar-refractivity contribution in [3.63, 3.8) is 0 Å². The molecule has 1 N–H and O–H groups in total. The minimum Gasteiger partial charge on any atom is -0.322 e. The molecule has 0 spiro atoms. The maximum atomic E-state index is 13.3. The Morgan fingerprint density at radius 2 is 1.83 bits per heavy atom. The molecule has 3 aromatic rings. The summed E-state index contributed by atoms with van der Waals surface area (Å²) in [5.74, 6) is -0.362. The van der Waals surface area contributed by atoms with Crippen molar-refractivity contribution in [3.8, 4) is 0 Å². The van der Waals surface area contributed by atoms with E-state index in [1.165, 1.54) is 29.5 Å². The summed E-state index contributed by atoms with van der Waals surface area (Å²) >= 11 is 1.35. The minimum absolute atomic E-state index is 0.0227. The van der Waals surface area contributed by atoms with E-state index in [4.69, 9.17) is 0 Å². The van der Waals surface area contributed by atoms with Crippen molar-refractivity contribution in [2.45, 2.75) is 18.2 Å². The molecule has 1 heterocycles. The number of amides is 2. The van der Waals surface area contributed by atoms with Crippen LogP contribution in [-0.2, 0) is 11.2 Å². The van der Waals surface area contributed by atoms with Crippen LogP contribution in [0.1, 0.15) is 21.5 Å². The molecule has 0 bridgehead atoms. The number of benzene rings is 3. The van der Waals surface area contributed by atoms with Crippen molar-refractivity contribution in [1.82, 2.24) is 0 Å². The summed E-state index contributed by atoms with van der Waals surface area (Å²) in [6.45, 7) is 2.43. The van der Waals surface area contributed by atoms with E-state index >= 15 is 0 Å². The van der Waals surface area contributed by atoms with Crippen LogP contribution in [0, 0.1) is 12.7 Å². The second-order valence-electron chi connectivity index (χ2n) is 7.12. The smallest absolute Gasteiger partial charge is 0.256 e. The number of carbonyl (C=O) groups is 2. The fraction of sp³-hybridized carbons (Fsp3) is 0.167. The highest BCUT2D eigenvalue weighted by atomic mass is 32.2. The molecule has 0 saturated carbocycles. The van der Waals surface area contributed by atoms with Crippen LogP contribution in [0.5, 0.6) is 0 Å². The van der Waals surface area contributed by atoms with Gasteiger partial charge < -0.3 is 10.2 Å². The first-order valence-corrected chi connectivity index (χ1v) is 10.7. The van der Waals surface area contributed by atoms with Gasteiger partial charge in [0.2, 0.25) is 5.91 Å². The number of halogens is 1. The summed E-state index contributed by atoms with van der Waals surface area (Å²) in [6, 6.07) is 19.4. The number of thioether (sulfide) groups is 1. The van der Waals surface area contributed by atoms with Crippen molar-refractivity contribution in [3.05, 3.63) is 89.2 Å². The summed E-state index contributed by atoms with van der Waals surface area (Å²) in [5.41, 5.74) is 3.86. The fourth-order valence-electron chi connectivity index (χ4n) is 3.55. The third-order valence-electron chi connectivity index (χ3n) is 5.11. The van der Waals surface area contributed by atoms with Gasteiger partial charge in [-0.15, -0.1) is 11.8 Å². The molecule has 0 unspecified atom stereocenters. The van der Waals surface area contributed by atoms with Crippen LogP contribution in [0.3, 0.4) is 0 Å². The minimum atomic E-state index is -0.344. The van der Waals surface area contributed by atoms with Gasteiger partial charge >= 0.3 is 0 Å². The monoisotopic (exact) mass is 420 g/mol. The lowest BCUT2D eigenvalue weighted by atomic mass is 10.1. The molecule has 2 amide bonds. The molecule has 1 aliphatic heterocycles. The van der Waals surface area contributed by atoms with Gasteiger partial charge in [0.25, 0.3) is 5.91 Å². The van der Waals surface area contributed by atoms with Crippen LogP contribution in [0.15, 0.2) is 71.6 Å². The number of fused-ring (bicyclic) bond motifs is 1. The summed E-state index contributed by atoms with van der Waals surface area (Å²) < 4.78 is 13.3. The van der Waals surface area contributed by atoms with Crippen molar-refractivity contribution < 1.29 is 14.0 Å². The molecule has 30 heavy (non-hydrogen) atoms. The molecular formula is C24H21FN2O2S. The fourth-order valence-corrected chi connectivity index (χ4v) is 4.48. The molecule has 0 aliphatic carbocycles. The van der Waals surface area contributed by atoms with Crippen molar-refractivity contribution in [2.24, 2.45) is 0 Å². The third kappa shape index (κ3) is 4.24. The van der Waals surface area contributed by atoms with Gasteiger partial charge in [-0.25, -0.2) is 4.39 Å².